The molecule has 2 saturated carbocycles. The number of ether oxygens (including phenoxy) is 2. The van der Waals surface area contributed by atoms with E-state index in [2.05, 4.69) is 27.7 Å². The Bertz CT molecular complexity index is 732. The van der Waals surface area contributed by atoms with Gasteiger partial charge in [-0.05, 0) is 67.5 Å². The molecule has 2 aliphatic carbocycles. The van der Waals surface area contributed by atoms with Gasteiger partial charge in [0.25, 0.3) is 0 Å². The molecule has 0 amide bonds. The molecule has 3 saturated heterocycles. The van der Waals surface area contributed by atoms with Crippen molar-refractivity contribution in [2.75, 3.05) is 6.61 Å². The first-order chi connectivity index (χ1) is 14.7. The van der Waals surface area contributed by atoms with Crippen LogP contribution in [0.4, 0.5) is 0 Å². The number of nitrogens with two attached hydrogens (primary N) is 1. The number of aliphatic hydroxyl groups excluding tert-OH is 2. The molecule has 5 rings (SSSR count). The first-order valence-electron chi connectivity index (χ1n) is 12.6. The molecular weight excluding hydrogens is 389 g/mol. The Morgan fingerprint density at radius 1 is 1.13 bits per heavy atom. The van der Waals surface area contributed by atoms with Crippen LogP contribution in [0, 0.1) is 29.6 Å². The van der Waals surface area contributed by atoms with Crippen LogP contribution in [0.15, 0.2) is 12.2 Å². The Hall–Kier alpha value is -0.395. The van der Waals surface area contributed by atoms with E-state index < -0.39 is 24.0 Å². The van der Waals surface area contributed by atoms with Crippen molar-refractivity contribution in [2.24, 2.45) is 35.3 Å². The molecule has 0 aromatic carbocycles. The molecule has 1 radical (unpaired) electrons. The van der Waals surface area contributed by atoms with Gasteiger partial charge in [0.15, 0.2) is 13.6 Å². The maximum absolute atomic E-state index is 10.4. The van der Waals surface area contributed by atoms with E-state index in [1.165, 1.54) is 24.8 Å². The molecule has 5 unspecified atom stereocenters. The third-order valence-corrected chi connectivity index (χ3v) is 10.5. The third kappa shape index (κ3) is 3.15. The fraction of sp³-hybridized carbons (Fsp3) is 0.920. The minimum absolute atomic E-state index is 0.00327. The minimum Gasteiger partial charge on any atom is -0.394 e. The molecule has 5 nitrogen and oxygen atoms in total. The van der Waals surface area contributed by atoms with E-state index in [4.69, 9.17) is 15.2 Å². The summed E-state index contributed by atoms with van der Waals surface area (Å²) in [5.74, 6) is 1.88. The van der Waals surface area contributed by atoms with E-state index in [0.717, 1.165) is 32.1 Å². The second-order valence-electron chi connectivity index (χ2n) is 11.8. The molecule has 1 spiro atoms. The Balaban J connectivity index is 1.38. The van der Waals surface area contributed by atoms with Gasteiger partial charge in [0.05, 0.1) is 18.2 Å². The van der Waals surface area contributed by atoms with Crippen LogP contribution in [0.2, 0.25) is 5.31 Å². The zero-order chi connectivity index (χ0) is 22.2. The minimum atomic E-state index is -0.667. The number of fused-ring (bicyclic) bond motifs is 3. The predicted octanol–water partition coefficient (Wildman–Crippen LogP) is 3.21. The Morgan fingerprint density at radius 2 is 1.90 bits per heavy atom. The Kier molecular flexibility index (Phi) is 5.46. The van der Waals surface area contributed by atoms with Crippen LogP contribution in [-0.2, 0) is 9.47 Å². The van der Waals surface area contributed by atoms with E-state index >= 15 is 0 Å². The molecule has 4 N–H and O–H groups in total. The van der Waals surface area contributed by atoms with Gasteiger partial charge in [-0.3, -0.25) is 0 Å². The summed E-state index contributed by atoms with van der Waals surface area (Å²) < 4.78 is 12.9. The summed E-state index contributed by atoms with van der Waals surface area (Å²) in [4.78, 5) is 0. The van der Waals surface area contributed by atoms with Crippen LogP contribution in [0.1, 0.15) is 72.1 Å². The van der Waals surface area contributed by atoms with Crippen LogP contribution >= 0.6 is 0 Å². The number of hydrogen-bond donors (Lipinski definition) is 3. The van der Waals surface area contributed by atoms with Gasteiger partial charge in [-0.25, -0.2) is 0 Å². The first-order valence-corrected chi connectivity index (χ1v) is 12.6. The van der Waals surface area contributed by atoms with Crippen molar-refractivity contribution >= 4 is 7.28 Å². The van der Waals surface area contributed by atoms with Crippen LogP contribution in [0.3, 0.4) is 0 Å². The molecule has 3 heterocycles. The Labute approximate surface area is 188 Å². The second kappa shape index (κ2) is 7.56. The molecular formula is C25H41BNO4. The molecule has 11 atom stereocenters. The van der Waals surface area contributed by atoms with Crippen molar-refractivity contribution in [3.8, 4) is 0 Å². The zero-order valence-corrected chi connectivity index (χ0v) is 19.6. The highest BCUT2D eigenvalue weighted by Gasteiger charge is 2.66. The molecule has 0 aromatic heterocycles. The molecule has 31 heavy (non-hydrogen) atoms. The third-order valence-electron chi connectivity index (χ3n) is 10.5. The molecule has 5 aliphatic rings. The predicted molar refractivity (Wildman–Crippen MR) is 121 cm³/mol. The van der Waals surface area contributed by atoms with Gasteiger partial charge in [-0.2, -0.15) is 0 Å². The van der Waals surface area contributed by atoms with Crippen LogP contribution in [-0.4, -0.2) is 53.6 Å². The summed E-state index contributed by atoms with van der Waals surface area (Å²) in [7, 11) is 2.51. The lowest BCUT2D eigenvalue weighted by molar-refractivity contribution is -0.285. The maximum Gasteiger partial charge on any atom is 0.168 e. The molecule has 0 aromatic rings. The quantitative estimate of drug-likeness (QED) is 0.473. The summed E-state index contributed by atoms with van der Waals surface area (Å²) in [6.07, 6.45) is 7.43. The van der Waals surface area contributed by atoms with Crippen molar-refractivity contribution in [3.05, 3.63) is 12.2 Å². The van der Waals surface area contributed by atoms with Gasteiger partial charge >= 0.3 is 0 Å². The summed E-state index contributed by atoms with van der Waals surface area (Å²) in [5.41, 5.74) is 7.82. The average molecular weight is 430 g/mol. The van der Waals surface area contributed by atoms with Gasteiger partial charge in [0, 0.05) is 11.5 Å². The average Bonchev–Trinajstić information content (AvgIpc) is 2.96. The van der Waals surface area contributed by atoms with Crippen LogP contribution in [0.25, 0.3) is 0 Å². The monoisotopic (exact) mass is 430 g/mol. The van der Waals surface area contributed by atoms with Crippen molar-refractivity contribution in [1.29, 1.82) is 0 Å². The zero-order valence-electron chi connectivity index (χ0n) is 19.6. The van der Waals surface area contributed by atoms with Gasteiger partial charge in [0.1, 0.15) is 6.10 Å². The highest BCUT2D eigenvalue weighted by atomic mass is 16.7. The summed E-state index contributed by atoms with van der Waals surface area (Å²) >= 11 is 0. The molecule has 2 bridgehead atoms. The Morgan fingerprint density at radius 3 is 2.65 bits per heavy atom. The van der Waals surface area contributed by atoms with Gasteiger partial charge in [-0.1, -0.05) is 45.8 Å². The van der Waals surface area contributed by atoms with Crippen molar-refractivity contribution in [3.63, 3.8) is 0 Å². The fourth-order valence-corrected chi connectivity index (χ4v) is 8.20. The van der Waals surface area contributed by atoms with Crippen molar-refractivity contribution < 1.29 is 19.7 Å². The maximum atomic E-state index is 10.4. The fourth-order valence-electron chi connectivity index (χ4n) is 8.20. The second-order valence-corrected chi connectivity index (χ2v) is 11.8. The first kappa shape index (κ1) is 22.4. The topological polar surface area (TPSA) is 84.9 Å². The van der Waals surface area contributed by atoms with E-state index in [0.29, 0.717) is 17.8 Å². The molecule has 5 fully saturated rings. The van der Waals surface area contributed by atoms with Crippen molar-refractivity contribution in [1.82, 2.24) is 0 Å². The van der Waals surface area contributed by atoms with Gasteiger partial charge in [0.2, 0.25) is 0 Å². The summed E-state index contributed by atoms with van der Waals surface area (Å²) in [6, 6.07) is 0. The molecule has 3 aliphatic heterocycles. The van der Waals surface area contributed by atoms with Gasteiger partial charge < -0.3 is 25.4 Å². The lowest BCUT2D eigenvalue weighted by Crippen LogP contribution is -2.64. The van der Waals surface area contributed by atoms with E-state index in [9.17, 15) is 10.2 Å². The smallest absolute Gasteiger partial charge is 0.168 e. The van der Waals surface area contributed by atoms with Crippen LogP contribution in [0.5, 0.6) is 0 Å². The summed E-state index contributed by atoms with van der Waals surface area (Å²) in [6.45, 7) is 10.8. The molecule has 173 valence electrons. The largest absolute Gasteiger partial charge is 0.394 e. The van der Waals surface area contributed by atoms with E-state index in [1.54, 1.807) is 0 Å². The lowest BCUT2D eigenvalue weighted by Gasteiger charge is -2.61. The highest BCUT2D eigenvalue weighted by Crippen LogP contribution is 2.69. The van der Waals surface area contributed by atoms with Crippen molar-refractivity contribution in [2.45, 2.75) is 107 Å². The number of rotatable bonds is 3. The molecule has 6 heteroatoms. The standard InChI is InChI=1S/C25H41BNO4/c1-14-6-5-7-19-18-8-9-25(15(2)12-23(18,26-25)10-11-24(14,19)27)31-22-17(4)16(3)21(29)20(13-28)30-22/h14,16-22,28-29H,2,5-13,27H2,1,3-4H3/t14?,16?,17?,18-,19?,20?,21-,22-,23-,24-,25+/m0/s1. The number of aliphatic hydroxyl groups is 2. The number of hydrogen-bond acceptors (Lipinski definition) is 5. The summed E-state index contributed by atoms with van der Waals surface area (Å²) in [5, 5.41) is 20.3. The van der Waals surface area contributed by atoms with E-state index in [-0.39, 0.29) is 29.3 Å². The SMILES string of the molecule is C=C1C[C@]23[B][C@@]1(O[C@@H]1OC(CO)[C@@H](O)C(C)C1C)CC[C@H]2C1CCCC(C)[C@@]1(N)CC3. The highest BCUT2D eigenvalue weighted by molar-refractivity contribution is 6.47. The van der Waals surface area contributed by atoms with Crippen LogP contribution < -0.4 is 5.73 Å². The van der Waals surface area contributed by atoms with Gasteiger partial charge in [-0.15, -0.1) is 0 Å². The van der Waals surface area contributed by atoms with E-state index in [1.807, 2.05) is 6.92 Å². The normalized spacial score (nSPS) is 56.5. The lowest BCUT2D eigenvalue weighted by atomic mass is 9.33.